The maximum atomic E-state index is 14.2. The molecule has 0 bridgehead atoms. The monoisotopic (exact) mass is 346 g/mol. The van der Waals surface area contributed by atoms with Crippen LogP contribution in [-0.2, 0) is 14.8 Å². The minimum Gasteiger partial charge on any atom is -0.493 e. The average Bonchev–Trinajstić information content (AvgIpc) is 2.54. The lowest BCUT2D eigenvalue weighted by atomic mass is 9.99. The molecule has 0 radical (unpaired) electrons. The summed E-state index contributed by atoms with van der Waals surface area (Å²) in [5.74, 6) is -1.86. The quantitative estimate of drug-likeness (QED) is 0.847. The number of hydrogen-bond donors (Lipinski definition) is 1. The fourth-order valence-electron chi connectivity index (χ4n) is 2.57. The highest BCUT2D eigenvalue weighted by molar-refractivity contribution is 7.89. The maximum Gasteiger partial charge on any atom is 0.246 e. The lowest BCUT2D eigenvalue weighted by Gasteiger charge is -2.30. The van der Waals surface area contributed by atoms with Crippen LogP contribution >= 0.6 is 0 Å². The minimum atomic E-state index is -4.10. The molecule has 7 nitrogen and oxygen atoms in total. The van der Waals surface area contributed by atoms with Crippen LogP contribution in [0.4, 0.5) is 4.39 Å². The molecule has 23 heavy (non-hydrogen) atoms. The van der Waals surface area contributed by atoms with Crippen LogP contribution in [0.25, 0.3) is 0 Å². The number of benzene rings is 1. The molecule has 2 rings (SSSR count). The molecule has 128 valence electrons. The molecule has 2 N–H and O–H groups in total. The highest BCUT2D eigenvalue weighted by Crippen LogP contribution is 2.34. The Morgan fingerprint density at radius 2 is 1.91 bits per heavy atom. The summed E-state index contributed by atoms with van der Waals surface area (Å²) in [4.78, 5) is 10.8. The standard InChI is InChI=1S/C14H19FN2O5S/c1-21-11-6-10(15)13(7-12(11)22-2)23(19,20)17-5-3-4-9(8-17)14(16)18/h6-7,9H,3-5,8H2,1-2H3,(H2,16,18)/t9-/m1/s1. The van der Waals surface area contributed by atoms with E-state index in [9.17, 15) is 17.6 Å². The number of halogens is 1. The number of primary amides is 1. The summed E-state index contributed by atoms with van der Waals surface area (Å²) < 4.78 is 50.6. The normalized spacial score (nSPS) is 19.3. The topological polar surface area (TPSA) is 98.9 Å². The zero-order chi connectivity index (χ0) is 17.2. The Hall–Kier alpha value is -1.87. The molecule has 0 aromatic heterocycles. The number of nitrogens with two attached hydrogens (primary N) is 1. The van der Waals surface area contributed by atoms with E-state index in [1.54, 1.807) is 0 Å². The number of piperidine rings is 1. The molecule has 0 spiro atoms. The van der Waals surface area contributed by atoms with Crippen molar-refractivity contribution in [2.75, 3.05) is 27.3 Å². The van der Waals surface area contributed by atoms with Gasteiger partial charge in [-0.15, -0.1) is 0 Å². The molecule has 1 aliphatic rings. The Balaban J connectivity index is 2.41. The Morgan fingerprint density at radius 1 is 1.30 bits per heavy atom. The smallest absolute Gasteiger partial charge is 0.246 e. The third-order valence-electron chi connectivity index (χ3n) is 3.84. The summed E-state index contributed by atoms with van der Waals surface area (Å²) in [7, 11) is -1.45. The van der Waals surface area contributed by atoms with Crippen molar-refractivity contribution < 1.29 is 27.1 Å². The van der Waals surface area contributed by atoms with Crippen molar-refractivity contribution in [3.05, 3.63) is 17.9 Å². The molecule has 0 saturated carbocycles. The molecule has 1 saturated heterocycles. The van der Waals surface area contributed by atoms with Gasteiger partial charge in [-0.3, -0.25) is 4.79 Å². The van der Waals surface area contributed by atoms with Gasteiger partial charge in [0, 0.05) is 25.2 Å². The van der Waals surface area contributed by atoms with E-state index in [1.165, 1.54) is 14.2 Å². The largest absolute Gasteiger partial charge is 0.493 e. The predicted molar refractivity (Wildman–Crippen MR) is 80.2 cm³/mol. The molecule has 1 aromatic rings. The Bertz CT molecular complexity index is 707. The van der Waals surface area contributed by atoms with Crippen molar-refractivity contribution in [1.29, 1.82) is 0 Å². The highest BCUT2D eigenvalue weighted by Gasteiger charge is 2.34. The molecule has 1 heterocycles. The second-order valence-electron chi connectivity index (χ2n) is 5.24. The lowest BCUT2D eigenvalue weighted by molar-refractivity contribution is -0.122. The number of methoxy groups -OCH3 is 2. The Morgan fingerprint density at radius 3 is 2.48 bits per heavy atom. The molecule has 1 aromatic carbocycles. The molecule has 0 aliphatic carbocycles. The number of ether oxygens (including phenoxy) is 2. The van der Waals surface area contributed by atoms with E-state index < -0.39 is 32.6 Å². The van der Waals surface area contributed by atoms with Crippen molar-refractivity contribution in [3.63, 3.8) is 0 Å². The van der Waals surface area contributed by atoms with Gasteiger partial charge >= 0.3 is 0 Å². The SMILES string of the molecule is COc1cc(F)c(S(=O)(=O)N2CCC[C@@H](C(N)=O)C2)cc1OC. The van der Waals surface area contributed by atoms with Crippen LogP contribution < -0.4 is 15.2 Å². The van der Waals surface area contributed by atoms with Gasteiger partial charge in [-0.1, -0.05) is 0 Å². The Labute approximate surface area is 134 Å². The van der Waals surface area contributed by atoms with E-state index in [1.807, 2.05) is 0 Å². The highest BCUT2D eigenvalue weighted by atomic mass is 32.2. The summed E-state index contributed by atoms with van der Waals surface area (Å²) in [6, 6.07) is 2.04. The third kappa shape index (κ3) is 3.40. The fraction of sp³-hybridized carbons (Fsp3) is 0.500. The lowest BCUT2D eigenvalue weighted by Crippen LogP contribution is -2.44. The van der Waals surface area contributed by atoms with Crippen molar-refractivity contribution >= 4 is 15.9 Å². The van der Waals surface area contributed by atoms with Crippen molar-refractivity contribution in [2.45, 2.75) is 17.7 Å². The first-order valence-electron chi connectivity index (χ1n) is 7.02. The molecular formula is C14H19FN2O5S. The van der Waals surface area contributed by atoms with E-state index in [0.29, 0.717) is 12.8 Å². The second-order valence-corrected chi connectivity index (χ2v) is 7.15. The molecule has 1 amide bonds. The van der Waals surface area contributed by atoms with Gasteiger partial charge in [0.1, 0.15) is 10.7 Å². The number of carbonyl (C=O) groups is 1. The zero-order valence-electron chi connectivity index (χ0n) is 12.9. The van der Waals surface area contributed by atoms with Gasteiger partial charge < -0.3 is 15.2 Å². The second kappa shape index (κ2) is 6.71. The van der Waals surface area contributed by atoms with Gasteiger partial charge in [-0.25, -0.2) is 12.8 Å². The van der Waals surface area contributed by atoms with Gasteiger partial charge in [0.25, 0.3) is 0 Å². The molecular weight excluding hydrogens is 327 g/mol. The number of rotatable bonds is 5. The fourth-order valence-corrected chi connectivity index (χ4v) is 4.15. The van der Waals surface area contributed by atoms with Crippen LogP contribution in [0.5, 0.6) is 11.5 Å². The number of carbonyl (C=O) groups excluding carboxylic acids is 1. The van der Waals surface area contributed by atoms with E-state index in [-0.39, 0.29) is 24.6 Å². The predicted octanol–water partition coefficient (Wildman–Crippen LogP) is 0.729. The minimum absolute atomic E-state index is 0.0501. The van der Waals surface area contributed by atoms with E-state index in [2.05, 4.69) is 0 Å². The van der Waals surface area contributed by atoms with Gasteiger partial charge in [-0.05, 0) is 12.8 Å². The van der Waals surface area contributed by atoms with Gasteiger partial charge in [0.05, 0.1) is 20.1 Å². The molecule has 1 fully saturated rings. The maximum absolute atomic E-state index is 14.2. The van der Waals surface area contributed by atoms with Gasteiger partial charge in [0.2, 0.25) is 15.9 Å². The van der Waals surface area contributed by atoms with Crippen LogP contribution in [0.3, 0.4) is 0 Å². The average molecular weight is 346 g/mol. The number of sulfonamides is 1. The van der Waals surface area contributed by atoms with Crippen LogP contribution in [-0.4, -0.2) is 45.9 Å². The molecule has 1 aliphatic heterocycles. The van der Waals surface area contributed by atoms with Crippen LogP contribution in [0.2, 0.25) is 0 Å². The molecule has 0 unspecified atom stereocenters. The molecule has 1 atom stereocenters. The Kier molecular flexibility index (Phi) is 5.10. The zero-order valence-corrected chi connectivity index (χ0v) is 13.7. The summed E-state index contributed by atoms with van der Waals surface area (Å²) in [6.07, 6.45) is 1.01. The summed E-state index contributed by atoms with van der Waals surface area (Å²) in [5.41, 5.74) is 5.25. The van der Waals surface area contributed by atoms with Gasteiger partial charge in [-0.2, -0.15) is 4.31 Å². The van der Waals surface area contributed by atoms with E-state index in [0.717, 1.165) is 16.4 Å². The van der Waals surface area contributed by atoms with Crippen LogP contribution in [0, 0.1) is 11.7 Å². The van der Waals surface area contributed by atoms with Crippen LogP contribution in [0.15, 0.2) is 17.0 Å². The number of nitrogens with zero attached hydrogens (tertiary/aromatic N) is 1. The summed E-state index contributed by atoms with van der Waals surface area (Å²) >= 11 is 0. The van der Waals surface area contributed by atoms with Crippen LogP contribution in [0.1, 0.15) is 12.8 Å². The van der Waals surface area contributed by atoms with Crippen molar-refractivity contribution in [2.24, 2.45) is 11.7 Å². The third-order valence-corrected chi connectivity index (χ3v) is 5.72. The first-order chi connectivity index (χ1) is 10.8. The number of amides is 1. The van der Waals surface area contributed by atoms with Crippen molar-refractivity contribution in [1.82, 2.24) is 4.31 Å². The first-order valence-corrected chi connectivity index (χ1v) is 8.46. The van der Waals surface area contributed by atoms with Crippen molar-refractivity contribution in [3.8, 4) is 11.5 Å². The number of hydrogen-bond acceptors (Lipinski definition) is 5. The summed E-state index contributed by atoms with van der Waals surface area (Å²) in [5, 5.41) is 0. The first kappa shape index (κ1) is 17.5. The van der Waals surface area contributed by atoms with Gasteiger partial charge in [0.15, 0.2) is 11.5 Å². The van der Waals surface area contributed by atoms with E-state index >= 15 is 0 Å². The molecule has 9 heteroatoms. The summed E-state index contributed by atoms with van der Waals surface area (Å²) in [6.45, 7) is 0.158. The van der Waals surface area contributed by atoms with E-state index in [4.69, 9.17) is 15.2 Å².